The molecule has 0 aliphatic rings. The molecule has 1 heterocycles. The summed E-state index contributed by atoms with van der Waals surface area (Å²) < 4.78 is 15.6. The number of rotatable bonds is 9. The third-order valence-corrected chi connectivity index (χ3v) is 5.48. The minimum Gasteiger partial charge on any atom is -0.496 e. The number of carbonyl (C=O) groups excluding carboxylic acids is 2. The van der Waals surface area contributed by atoms with E-state index in [9.17, 15) is 9.59 Å². The molecule has 0 fully saturated rings. The fourth-order valence-electron chi connectivity index (χ4n) is 3.86. The largest absolute Gasteiger partial charge is 0.496 e. The van der Waals surface area contributed by atoms with Crippen LogP contribution in [0.1, 0.15) is 29.8 Å². The summed E-state index contributed by atoms with van der Waals surface area (Å²) in [5, 5.41) is 6.27. The number of nitrogens with one attached hydrogen (secondary N) is 2. The Morgan fingerprint density at radius 2 is 1.66 bits per heavy atom. The Morgan fingerprint density at radius 3 is 2.20 bits per heavy atom. The van der Waals surface area contributed by atoms with E-state index in [1.807, 2.05) is 57.2 Å². The molecule has 0 saturated carbocycles. The number of nitrogens with zero attached hydrogens (tertiary/aromatic N) is 1. The van der Waals surface area contributed by atoms with Crippen molar-refractivity contribution < 1.29 is 23.8 Å². The molecule has 0 aliphatic heterocycles. The highest BCUT2D eigenvalue weighted by Gasteiger charge is 2.23. The zero-order chi connectivity index (χ0) is 25.5. The van der Waals surface area contributed by atoms with Gasteiger partial charge in [0.2, 0.25) is 0 Å². The molecule has 0 amide bonds. The van der Waals surface area contributed by atoms with Crippen molar-refractivity contribution in [1.82, 2.24) is 4.98 Å². The minimum absolute atomic E-state index is 0.0684. The van der Waals surface area contributed by atoms with E-state index in [2.05, 4.69) is 20.4 Å². The second-order valence-electron chi connectivity index (χ2n) is 8.23. The molecule has 0 unspecified atom stereocenters. The van der Waals surface area contributed by atoms with Gasteiger partial charge in [0.1, 0.15) is 18.1 Å². The predicted octanol–water partition coefficient (Wildman–Crippen LogP) is 4.92. The Balaban J connectivity index is 2.07. The SMILES string of the molecule is COC(=O)CNc1ccc(-c2cc(C(=O)OC)c(-c3ccc(NC(C)C)nc3)c(C)c2OC)cc1. The van der Waals surface area contributed by atoms with Crippen LogP contribution in [0.25, 0.3) is 22.3 Å². The number of benzene rings is 2. The second-order valence-corrected chi connectivity index (χ2v) is 8.23. The zero-order valence-electron chi connectivity index (χ0n) is 20.9. The van der Waals surface area contributed by atoms with Crippen LogP contribution in [0.3, 0.4) is 0 Å². The Morgan fingerprint density at radius 1 is 0.971 bits per heavy atom. The van der Waals surface area contributed by atoms with Crippen LogP contribution < -0.4 is 15.4 Å². The smallest absolute Gasteiger partial charge is 0.338 e. The molecular formula is C27H31N3O5. The summed E-state index contributed by atoms with van der Waals surface area (Å²) in [7, 11) is 4.31. The van der Waals surface area contributed by atoms with Gasteiger partial charge in [-0.3, -0.25) is 4.79 Å². The summed E-state index contributed by atoms with van der Waals surface area (Å²) in [4.78, 5) is 28.7. The number of hydrogen-bond donors (Lipinski definition) is 2. The number of pyridine rings is 1. The third kappa shape index (κ3) is 5.90. The first-order chi connectivity index (χ1) is 16.8. The maximum absolute atomic E-state index is 12.8. The first-order valence-corrected chi connectivity index (χ1v) is 11.2. The van der Waals surface area contributed by atoms with Gasteiger partial charge in [-0.05, 0) is 56.7 Å². The monoisotopic (exact) mass is 477 g/mol. The maximum Gasteiger partial charge on any atom is 0.338 e. The van der Waals surface area contributed by atoms with E-state index in [1.54, 1.807) is 19.4 Å². The highest BCUT2D eigenvalue weighted by Crippen LogP contribution is 2.41. The molecular weight excluding hydrogens is 446 g/mol. The Bertz CT molecular complexity index is 1190. The van der Waals surface area contributed by atoms with Crippen LogP contribution in [0.5, 0.6) is 5.75 Å². The standard InChI is InChI=1S/C27H31N3O5/c1-16(2)30-23-12-9-19(14-29-23)25-17(3)26(34-5)21(13-22(25)27(32)35-6)18-7-10-20(11-8-18)28-15-24(31)33-4/h7-14,16,28H,15H2,1-6H3,(H,29,30). The van der Waals surface area contributed by atoms with Gasteiger partial charge in [0, 0.05) is 40.2 Å². The molecule has 0 saturated heterocycles. The third-order valence-electron chi connectivity index (χ3n) is 5.48. The number of anilines is 2. The van der Waals surface area contributed by atoms with Crippen molar-refractivity contribution in [1.29, 1.82) is 0 Å². The Labute approximate surface area is 205 Å². The summed E-state index contributed by atoms with van der Waals surface area (Å²) in [6, 6.07) is 13.3. The lowest BCUT2D eigenvalue weighted by Gasteiger charge is -2.19. The first-order valence-electron chi connectivity index (χ1n) is 11.2. The van der Waals surface area contributed by atoms with Gasteiger partial charge >= 0.3 is 11.9 Å². The molecule has 8 nitrogen and oxygen atoms in total. The van der Waals surface area contributed by atoms with Crippen LogP contribution >= 0.6 is 0 Å². The molecule has 0 radical (unpaired) electrons. The van der Waals surface area contributed by atoms with Crippen molar-refractivity contribution in [3.8, 4) is 28.0 Å². The average molecular weight is 478 g/mol. The topological polar surface area (TPSA) is 98.8 Å². The van der Waals surface area contributed by atoms with Crippen LogP contribution in [0.4, 0.5) is 11.5 Å². The molecule has 2 aromatic carbocycles. The molecule has 184 valence electrons. The highest BCUT2D eigenvalue weighted by molar-refractivity contribution is 6.01. The van der Waals surface area contributed by atoms with Gasteiger partial charge < -0.3 is 24.8 Å². The molecule has 2 N–H and O–H groups in total. The fourth-order valence-corrected chi connectivity index (χ4v) is 3.86. The maximum atomic E-state index is 12.8. The van der Waals surface area contributed by atoms with Gasteiger partial charge in [0.15, 0.2) is 0 Å². The van der Waals surface area contributed by atoms with Gasteiger partial charge in [-0.15, -0.1) is 0 Å². The van der Waals surface area contributed by atoms with Crippen LogP contribution in [0, 0.1) is 6.92 Å². The van der Waals surface area contributed by atoms with Crippen molar-refractivity contribution in [2.75, 3.05) is 38.5 Å². The summed E-state index contributed by atoms with van der Waals surface area (Å²) in [6.45, 7) is 6.07. The van der Waals surface area contributed by atoms with Crippen molar-refractivity contribution >= 4 is 23.4 Å². The van der Waals surface area contributed by atoms with Crippen LogP contribution in [0.2, 0.25) is 0 Å². The number of carbonyl (C=O) groups is 2. The van der Waals surface area contributed by atoms with Gasteiger partial charge in [-0.1, -0.05) is 12.1 Å². The lowest BCUT2D eigenvalue weighted by molar-refractivity contribution is -0.138. The number of methoxy groups -OCH3 is 3. The van der Waals surface area contributed by atoms with Crippen molar-refractivity contribution in [3.05, 3.63) is 59.8 Å². The van der Waals surface area contributed by atoms with E-state index in [4.69, 9.17) is 9.47 Å². The van der Waals surface area contributed by atoms with Crippen molar-refractivity contribution in [2.45, 2.75) is 26.8 Å². The lowest BCUT2D eigenvalue weighted by Crippen LogP contribution is -2.14. The van der Waals surface area contributed by atoms with Crippen LogP contribution in [-0.4, -0.2) is 50.8 Å². The molecule has 0 atom stereocenters. The van der Waals surface area contributed by atoms with Crippen LogP contribution in [-0.2, 0) is 14.3 Å². The molecule has 3 aromatic rings. The lowest BCUT2D eigenvalue weighted by atomic mass is 9.90. The van der Waals surface area contributed by atoms with Gasteiger partial charge in [-0.25, -0.2) is 9.78 Å². The number of hydrogen-bond acceptors (Lipinski definition) is 8. The molecule has 8 heteroatoms. The zero-order valence-corrected chi connectivity index (χ0v) is 20.9. The average Bonchev–Trinajstić information content (AvgIpc) is 2.86. The number of ether oxygens (including phenoxy) is 3. The molecule has 0 aliphatic carbocycles. The first kappa shape index (κ1) is 25.6. The van der Waals surface area contributed by atoms with E-state index in [0.717, 1.165) is 33.8 Å². The predicted molar refractivity (Wildman–Crippen MR) is 137 cm³/mol. The van der Waals surface area contributed by atoms with Crippen molar-refractivity contribution in [3.63, 3.8) is 0 Å². The van der Waals surface area contributed by atoms with Crippen molar-refractivity contribution in [2.24, 2.45) is 0 Å². The van der Waals surface area contributed by atoms with E-state index >= 15 is 0 Å². The second kappa shape index (κ2) is 11.4. The van der Waals surface area contributed by atoms with Gasteiger partial charge in [0.05, 0.1) is 26.9 Å². The summed E-state index contributed by atoms with van der Waals surface area (Å²) >= 11 is 0. The van der Waals surface area contributed by atoms with E-state index < -0.39 is 5.97 Å². The molecule has 1 aromatic heterocycles. The Kier molecular flexibility index (Phi) is 8.30. The van der Waals surface area contributed by atoms with Gasteiger partial charge in [-0.2, -0.15) is 0 Å². The Hall–Kier alpha value is -4.07. The summed E-state index contributed by atoms with van der Waals surface area (Å²) in [5.41, 5.74) is 5.06. The quantitative estimate of drug-likeness (QED) is 0.419. The molecule has 0 bridgehead atoms. The van der Waals surface area contributed by atoms with E-state index in [-0.39, 0.29) is 18.6 Å². The summed E-state index contributed by atoms with van der Waals surface area (Å²) in [6.07, 6.45) is 1.74. The molecule has 35 heavy (non-hydrogen) atoms. The molecule has 3 rings (SSSR count). The number of esters is 2. The summed E-state index contributed by atoms with van der Waals surface area (Å²) in [5.74, 6) is 0.595. The van der Waals surface area contributed by atoms with E-state index in [0.29, 0.717) is 16.9 Å². The minimum atomic E-state index is -0.451. The van der Waals surface area contributed by atoms with E-state index in [1.165, 1.54) is 14.2 Å². The van der Waals surface area contributed by atoms with Gasteiger partial charge in [0.25, 0.3) is 0 Å². The number of aromatic nitrogens is 1. The fraction of sp³-hybridized carbons (Fsp3) is 0.296. The van der Waals surface area contributed by atoms with Crippen LogP contribution in [0.15, 0.2) is 48.7 Å². The molecule has 0 spiro atoms. The highest BCUT2D eigenvalue weighted by atomic mass is 16.5. The normalized spacial score (nSPS) is 10.6.